The molecule has 124 valence electrons. The minimum absolute atomic E-state index is 0.174. The minimum atomic E-state index is -0.497. The van der Waals surface area contributed by atoms with Crippen molar-refractivity contribution in [3.05, 3.63) is 45.6 Å². The molecular formula is C16H15N3O4S. The summed E-state index contributed by atoms with van der Waals surface area (Å²) in [4.78, 5) is 14.6. The predicted octanol–water partition coefficient (Wildman–Crippen LogP) is 2.27. The Morgan fingerprint density at radius 3 is 2.79 bits per heavy atom. The monoisotopic (exact) mass is 345 g/mol. The molecule has 0 unspecified atom stereocenters. The molecule has 0 aliphatic carbocycles. The summed E-state index contributed by atoms with van der Waals surface area (Å²) in [7, 11) is 0. The number of rotatable bonds is 3. The molecule has 2 aromatic heterocycles. The number of nitrogens with zero attached hydrogens (tertiary/aromatic N) is 3. The van der Waals surface area contributed by atoms with E-state index < -0.39 is 5.63 Å². The van der Waals surface area contributed by atoms with Gasteiger partial charge in [0.1, 0.15) is 11.1 Å². The Kier molecular flexibility index (Phi) is 4.01. The van der Waals surface area contributed by atoms with Gasteiger partial charge >= 0.3 is 5.63 Å². The smallest absolute Gasteiger partial charge is 0.349 e. The average molecular weight is 345 g/mol. The number of benzene rings is 1. The zero-order valence-electron chi connectivity index (χ0n) is 12.8. The summed E-state index contributed by atoms with van der Waals surface area (Å²) in [5, 5.41) is 5.15. The van der Waals surface area contributed by atoms with Crippen LogP contribution in [0, 0.1) is 4.84 Å². The lowest BCUT2D eigenvalue weighted by Crippen LogP contribution is -2.37. The predicted molar refractivity (Wildman–Crippen MR) is 89.2 cm³/mol. The van der Waals surface area contributed by atoms with Gasteiger partial charge in [-0.1, -0.05) is 18.2 Å². The quantitative estimate of drug-likeness (QED) is 0.532. The minimum Gasteiger partial charge on any atom is -0.422 e. The molecule has 1 aliphatic rings. The fourth-order valence-corrected chi connectivity index (χ4v) is 2.83. The van der Waals surface area contributed by atoms with Crippen molar-refractivity contribution >= 4 is 23.2 Å². The summed E-state index contributed by atoms with van der Waals surface area (Å²) in [5.74, 6) is 0.174. The van der Waals surface area contributed by atoms with Crippen molar-refractivity contribution in [2.24, 2.45) is 0 Å². The first kappa shape index (κ1) is 15.3. The molecule has 0 saturated carbocycles. The molecule has 0 amide bonds. The second-order valence-electron chi connectivity index (χ2n) is 5.53. The standard InChI is InChI=1S/C16H15N3O4S/c20-15-12(9-11-3-1-2-4-13(11)22-15)14-17-19(16(24)23-14)10-18-5-7-21-8-6-18/h1-4,9H,5-8,10H2. The van der Waals surface area contributed by atoms with Gasteiger partial charge in [0.25, 0.3) is 10.7 Å². The van der Waals surface area contributed by atoms with Crippen molar-refractivity contribution in [1.29, 1.82) is 0 Å². The number of hydrogen-bond acceptors (Lipinski definition) is 7. The average Bonchev–Trinajstić information content (AvgIpc) is 2.95. The van der Waals surface area contributed by atoms with Crippen LogP contribution in [0.15, 0.2) is 44.0 Å². The van der Waals surface area contributed by atoms with Crippen LogP contribution in [-0.2, 0) is 11.4 Å². The lowest BCUT2D eigenvalue weighted by molar-refractivity contribution is 0.0206. The second kappa shape index (κ2) is 6.31. The lowest BCUT2D eigenvalue weighted by Gasteiger charge is -2.25. The molecular weight excluding hydrogens is 330 g/mol. The third-order valence-electron chi connectivity index (χ3n) is 3.92. The van der Waals surface area contributed by atoms with E-state index in [1.54, 1.807) is 16.8 Å². The van der Waals surface area contributed by atoms with Crippen LogP contribution in [0.4, 0.5) is 0 Å². The number of fused-ring (bicyclic) bond motifs is 1. The van der Waals surface area contributed by atoms with Gasteiger partial charge in [0.15, 0.2) is 0 Å². The fraction of sp³-hybridized carbons (Fsp3) is 0.312. The van der Waals surface area contributed by atoms with Crippen LogP contribution in [0.3, 0.4) is 0 Å². The molecule has 7 nitrogen and oxygen atoms in total. The van der Waals surface area contributed by atoms with Crippen molar-refractivity contribution < 1.29 is 13.6 Å². The van der Waals surface area contributed by atoms with Gasteiger partial charge in [-0.15, -0.1) is 5.10 Å². The zero-order chi connectivity index (χ0) is 16.5. The molecule has 0 radical (unpaired) electrons. The summed E-state index contributed by atoms with van der Waals surface area (Å²) < 4.78 is 17.7. The third kappa shape index (κ3) is 2.91. The van der Waals surface area contributed by atoms with E-state index >= 15 is 0 Å². The number of hydrogen-bond donors (Lipinski definition) is 0. The number of para-hydroxylation sites is 1. The van der Waals surface area contributed by atoms with E-state index in [1.165, 1.54) is 0 Å². The van der Waals surface area contributed by atoms with Gasteiger partial charge in [0.2, 0.25) is 0 Å². The number of aromatic nitrogens is 2. The van der Waals surface area contributed by atoms with E-state index in [0.29, 0.717) is 25.5 Å². The van der Waals surface area contributed by atoms with Crippen LogP contribution in [0.25, 0.3) is 22.4 Å². The highest BCUT2D eigenvalue weighted by atomic mass is 32.1. The summed E-state index contributed by atoms with van der Waals surface area (Å²) in [5.41, 5.74) is 0.293. The SMILES string of the molecule is O=c1oc2ccccc2cc1-c1nn(CN2CCOCC2)c(=S)o1. The van der Waals surface area contributed by atoms with E-state index in [4.69, 9.17) is 25.8 Å². The molecule has 0 spiro atoms. The fourth-order valence-electron chi connectivity index (χ4n) is 2.65. The number of morpholine rings is 1. The molecule has 24 heavy (non-hydrogen) atoms. The Morgan fingerprint density at radius 1 is 1.17 bits per heavy atom. The molecule has 0 N–H and O–H groups in total. The maximum atomic E-state index is 12.2. The molecule has 1 saturated heterocycles. The van der Waals surface area contributed by atoms with E-state index in [0.717, 1.165) is 18.5 Å². The summed E-state index contributed by atoms with van der Waals surface area (Å²) >= 11 is 5.22. The van der Waals surface area contributed by atoms with Gasteiger partial charge in [-0.3, -0.25) is 4.90 Å². The van der Waals surface area contributed by atoms with E-state index in [2.05, 4.69) is 10.00 Å². The summed E-state index contributed by atoms with van der Waals surface area (Å²) in [6.45, 7) is 3.49. The normalized spacial score (nSPS) is 15.8. The number of ether oxygens (including phenoxy) is 1. The maximum absolute atomic E-state index is 12.2. The van der Waals surface area contributed by atoms with Crippen LogP contribution in [-0.4, -0.2) is 41.0 Å². The largest absolute Gasteiger partial charge is 0.422 e. The molecule has 1 aliphatic heterocycles. The summed E-state index contributed by atoms with van der Waals surface area (Å²) in [6, 6.07) is 9.00. The zero-order valence-corrected chi connectivity index (χ0v) is 13.6. The Labute approximate surface area is 142 Å². The van der Waals surface area contributed by atoms with E-state index in [9.17, 15) is 4.79 Å². The van der Waals surface area contributed by atoms with Crippen LogP contribution in [0.5, 0.6) is 0 Å². The van der Waals surface area contributed by atoms with Crippen LogP contribution in [0.1, 0.15) is 0 Å². The maximum Gasteiger partial charge on any atom is 0.349 e. The van der Waals surface area contributed by atoms with Gasteiger partial charge in [0, 0.05) is 18.5 Å². The molecule has 8 heteroatoms. The first-order valence-electron chi connectivity index (χ1n) is 7.62. The molecule has 4 rings (SSSR count). The molecule has 0 bridgehead atoms. The Morgan fingerprint density at radius 2 is 1.96 bits per heavy atom. The van der Waals surface area contributed by atoms with Crippen molar-refractivity contribution in [3.63, 3.8) is 0 Å². The van der Waals surface area contributed by atoms with Gasteiger partial charge in [-0.2, -0.15) is 0 Å². The highest BCUT2D eigenvalue weighted by Crippen LogP contribution is 2.20. The van der Waals surface area contributed by atoms with Gasteiger partial charge < -0.3 is 13.6 Å². The molecule has 3 aromatic rings. The van der Waals surface area contributed by atoms with Crippen LogP contribution in [0.2, 0.25) is 0 Å². The van der Waals surface area contributed by atoms with Gasteiger partial charge in [0.05, 0.1) is 19.9 Å². The molecule has 3 heterocycles. The van der Waals surface area contributed by atoms with Crippen molar-refractivity contribution in [2.45, 2.75) is 6.67 Å². The molecule has 0 atom stereocenters. The first-order valence-corrected chi connectivity index (χ1v) is 8.03. The Bertz CT molecular complexity index is 985. The lowest BCUT2D eigenvalue weighted by atomic mass is 10.2. The topological polar surface area (TPSA) is 73.6 Å². The van der Waals surface area contributed by atoms with Gasteiger partial charge in [-0.25, -0.2) is 9.48 Å². The third-order valence-corrected chi connectivity index (χ3v) is 4.21. The molecule has 1 fully saturated rings. The highest BCUT2D eigenvalue weighted by molar-refractivity contribution is 7.71. The Hall–Kier alpha value is -2.29. The van der Waals surface area contributed by atoms with Crippen molar-refractivity contribution in [1.82, 2.24) is 14.7 Å². The van der Waals surface area contributed by atoms with Crippen LogP contribution >= 0.6 is 12.2 Å². The Balaban J connectivity index is 1.70. The first-order chi connectivity index (χ1) is 11.7. The summed E-state index contributed by atoms with van der Waals surface area (Å²) in [6.07, 6.45) is 0. The highest BCUT2D eigenvalue weighted by Gasteiger charge is 2.17. The van der Waals surface area contributed by atoms with E-state index in [1.807, 2.05) is 18.2 Å². The molecule has 1 aromatic carbocycles. The van der Waals surface area contributed by atoms with Crippen molar-refractivity contribution in [3.8, 4) is 11.5 Å². The second-order valence-corrected chi connectivity index (χ2v) is 5.88. The van der Waals surface area contributed by atoms with Crippen LogP contribution < -0.4 is 5.63 Å². The van der Waals surface area contributed by atoms with Gasteiger partial charge in [-0.05, 0) is 24.4 Å². The van der Waals surface area contributed by atoms with E-state index in [-0.39, 0.29) is 16.3 Å². The van der Waals surface area contributed by atoms with Crippen molar-refractivity contribution in [2.75, 3.05) is 26.3 Å².